The number of nitriles is 1. The fourth-order valence-corrected chi connectivity index (χ4v) is 2.63. The highest BCUT2D eigenvalue weighted by molar-refractivity contribution is 6.07. The molecule has 0 atom stereocenters. The maximum Gasteiger partial charge on any atom is 0.514 e. The van der Waals surface area contributed by atoms with Crippen LogP contribution in [0.2, 0.25) is 0 Å². The fraction of sp³-hybridized carbons (Fsp3) is 0.0526. The molecule has 0 unspecified atom stereocenters. The Balaban J connectivity index is 1.70. The van der Waals surface area contributed by atoms with Crippen LogP contribution in [0.3, 0.4) is 0 Å². The molecule has 0 fully saturated rings. The summed E-state index contributed by atoms with van der Waals surface area (Å²) in [4.78, 5) is 22.7. The number of fused-ring (bicyclic) bond motifs is 3. The van der Waals surface area contributed by atoms with Crippen LogP contribution in [0.1, 0.15) is 5.56 Å². The minimum Gasteiger partial charge on any atom is -0.439 e. The maximum atomic E-state index is 11.3. The zero-order valence-corrected chi connectivity index (χ0v) is 14.1. The molecule has 3 heterocycles. The number of nitrogens with one attached hydrogen (secondary N) is 1. The lowest BCUT2D eigenvalue weighted by molar-refractivity contribution is 0.120. The van der Waals surface area contributed by atoms with Gasteiger partial charge in [0.25, 0.3) is 0 Å². The Morgan fingerprint density at radius 3 is 2.59 bits per heavy atom. The molecule has 132 valence electrons. The van der Waals surface area contributed by atoms with Crippen molar-refractivity contribution < 1.29 is 19.0 Å². The number of hydrogen-bond donors (Lipinski definition) is 1. The van der Waals surface area contributed by atoms with E-state index in [2.05, 4.69) is 19.7 Å². The summed E-state index contributed by atoms with van der Waals surface area (Å²) in [6.07, 6.45) is 2.19. The highest BCUT2D eigenvalue weighted by Gasteiger charge is 2.11. The first-order valence-electron chi connectivity index (χ1n) is 7.87. The normalized spacial score (nSPS) is 10.5. The van der Waals surface area contributed by atoms with Crippen LogP contribution >= 0.6 is 0 Å². The van der Waals surface area contributed by atoms with Crippen molar-refractivity contribution in [1.29, 1.82) is 5.26 Å². The Hall–Kier alpha value is -4.12. The predicted molar refractivity (Wildman–Crippen MR) is 95.7 cm³/mol. The summed E-state index contributed by atoms with van der Waals surface area (Å²) >= 11 is 0. The van der Waals surface area contributed by atoms with Crippen LogP contribution < -0.4 is 9.47 Å². The van der Waals surface area contributed by atoms with E-state index in [-0.39, 0.29) is 5.88 Å². The van der Waals surface area contributed by atoms with E-state index < -0.39 is 6.16 Å². The van der Waals surface area contributed by atoms with Gasteiger partial charge in [0.15, 0.2) is 0 Å². The molecule has 27 heavy (non-hydrogen) atoms. The Morgan fingerprint density at radius 1 is 1.04 bits per heavy atom. The molecule has 0 saturated carbocycles. The predicted octanol–water partition coefficient (Wildman–Crippen LogP) is 3.92. The van der Waals surface area contributed by atoms with Crippen LogP contribution in [0.5, 0.6) is 17.5 Å². The molecule has 0 aliphatic carbocycles. The van der Waals surface area contributed by atoms with Gasteiger partial charge in [0, 0.05) is 34.6 Å². The summed E-state index contributed by atoms with van der Waals surface area (Å²) in [5.41, 5.74) is 2.12. The molecule has 0 saturated heterocycles. The molecule has 0 amide bonds. The molecule has 0 aliphatic heterocycles. The summed E-state index contributed by atoms with van der Waals surface area (Å²) in [5, 5.41) is 10.5. The molecular formula is C19H12N4O4. The van der Waals surface area contributed by atoms with E-state index in [9.17, 15) is 4.79 Å². The van der Waals surface area contributed by atoms with Crippen molar-refractivity contribution in [3.05, 3.63) is 54.4 Å². The van der Waals surface area contributed by atoms with Gasteiger partial charge in [-0.1, -0.05) is 0 Å². The van der Waals surface area contributed by atoms with Gasteiger partial charge in [0.05, 0.1) is 24.4 Å². The molecule has 8 heteroatoms. The standard InChI is InChI=1S/C19H12N4O4/c1-25-19(24)27-18-7-14-13-6-12(3-4-15(13)23-16(14)10-22-18)26-17-5-2-11(8-20)9-21-17/h2-7,9-10,23H,1H3. The molecule has 4 aromatic rings. The molecule has 1 N–H and O–H groups in total. The number of hydrogen-bond acceptors (Lipinski definition) is 7. The van der Waals surface area contributed by atoms with Crippen molar-refractivity contribution in [2.45, 2.75) is 0 Å². The summed E-state index contributed by atoms with van der Waals surface area (Å²) in [5.74, 6) is 1.09. The second-order valence-electron chi connectivity index (χ2n) is 5.56. The largest absolute Gasteiger partial charge is 0.514 e. The minimum absolute atomic E-state index is 0.135. The maximum absolute atomic E-state index is 11.3. The Bertz CT molecular complexity index is 1190. The highest BCUT2D eigenvalue weighted by Crippen LogP contribution is 2.31. The summed E-state index contributed by atoms with van der Waals surface area (Å²) in [6.45, 7) is 0. The Kier molecular flexibility index (Phi) is 4.03. The van der Waals surface area contributed by atoms with Crippen LogP contribution in [0, 0.1) is 11.3 Å². The average Bonchev–Trinajstić information content (AvgIpc) is 3.06. The van der Waals surface area contributed by atoms with Gasteiger partial charge in [0.1, 0.15) is 11.8 Å². The lowest BCUT2D eigenvalue weighted by atomic mass is 10.2. The molecule has 0 bridgehead atoms. The third-order valence-electron chi connectivity index (χ3n) is 3.87. The Labute approximate surface area is 152 Å². The zero-order chi connectivity index (χ0) is 18.8. The zero-order valence-electron chi connectivity index (χ0n) is 14.1. The van der Waals surface area contributed by atoms with Crippen molar-refractivity contribution >= 4 is 28.0 Å². The van der Waals surface area contributed by atoms with E-state index >= 15 is 0 Å². The fourth-order valence-electron chi connectivity index (χ4n) is 2.63. The van der Waals surface area contributed by atoms with Gasteiger partial charge in [-0.25, -0.2) is 14.8 Å². The van der Waals surface area contributed by atoms with E-state index in [0.29, 0.717) is 17.2 Å². The van der Waals surface area contributed by atoms with Crippen molar-refractivity contribution in [2.24, 2.45) is 0 Å². The lowest BCUT2D eigenvalue weighted by Crippen LogP contribution is -2.08. The van der Waals surface area contributed by atoms with E-state index in [0.717, 1.165) is 21.8 Å². The van der Waals surface area contributed by atoms with Gasteiger partial charge < -0.3 is 19.2 Å². The van der Waals surface area contributed by atoms with Crippen LogP contribution in [0.15, 0.2) is 48.8 Å². The lowest BCUT2D eigenvalue weighted by Gasteiger charge is -2.05. The van der Waals surface area contributed by atoms with E-state index in [1.54, 1.807) is 30.5 Å². The number of carbonyl (C=O) groups excluding carboxylic acids is 1. The molecule has 0 aliphatic rings. The molecule has 0 radical (unpaired) electrons. The average molecular weight is 360 g/mol. The number of H-pyrrole nitrogens is 1. The van der Waals surface area contributed by atoms with Crippen molar-refractivity contribution in [3.63, 3.8) is 0 Å². The van der Waals surface area contributed by atoms with Gasteiger partial charge in [-0.05, 0) is 24.3 Å². The number of rotatable bonds is 3. The molecule has 0 spiro atoms. The monoisotopic (exact) mass is 360 g/mol. The second-order valence-corrected chi connectivity index (χ2v) is 5.56. The van der Waals surface area contributed by atoms with Gasteiger partial charge in [-0.3, -0.25) is 0 Å². The first kappa shape index (κ1) is 16.4. The number of aromatic amines is 1. The quantitative estimate of drug-likeness (QED) is 0.551. The first-order chi connectivity index (χ1) is 13.2. The van der Waals surface area contributed by atoms with Crippen LogP contribution in [-0.2, 0) is 4.74 Å². The van der Waals surface area contributed by atoms with Crippen molar-refractivity contribution in [3.8, 4) is 23.6 Å². The topological polar surface area (TPSA) is 110 Å². The van der Waals surface area contributed by atoms with Gasteiger partial charge in [0.2, 0.25) is 11.8 Å². The van der Waals surface area contributed by atoms with Gasteiger partial charge in [-0.2, -0.15) is 5.26 Å². The molecular weight excluding hydrogens is 348 g/mol. The summed E-state index contributed by atoms with van der Waals surface area (Å²) in [7, 11) is 1.23. The summed E-state index contributed by atoms with van der Waals surface area (Å²) < 4.78 is 15.2. The smallest absolute Gasteiger partial charge is 0.439 e. The van der Waals surface area contributed by atoms with Crippen LogP contribution in [-0.4, -0.2) is 28.2 Å². The van der Waals surface area contributed by atoms with Crippen molar-refractivity contribution in [1.82, 2.24) is 15.0 Å². The number of benzene rings is 1. The number of methoxy groups -OCH3 is 1. The number of ether oxygens (including phenoxy) is 3. The third-order valence-corrected chi connectivity index (χ3v) is 3.87. The second kappa shape index (κ2) is 6.65. The number of pyridine rings is 2. The minimum atomic E-state index is -0.836. The number of aromatic nitrogens is 3. The highest BCUT2D eigenvalue weighted by atomic mass is 16.7. The molecule has 1 aromatic carbocycles. The molecule has 4 rings (SSSR count). The van der Waals surface area contributed by atoms with Crippen LogP contribution in [0.25, 0.3) is 21.8 Å². The van der Waals surface area contributed by atoms with E-state index in [1.165, 1.54) is 13.3 Å². The van der Waals surface area contributed by atoms with Gasteiger partial charge in [-0.15, -0.1) is 0 Å². The first-order valence-corrected chi connectivity index (χ1v) is 7.87. The number of nitrogens with zero attached hydrogens (tertiary/aromatic N) is 3. The van der Waals surface area contributed by atoms with E-state index in [4.69, 9.17) is 14.7 Å². The van der Waals surface area contributed by atoms with E-state index in [1.807, 2.05) is 18.2 Å². The summed E-state index contributed by atoms with van der Waals surface area (Å²) in [6, 6.07) is 12.4. The third kappa shape index (κ3) is 3.21. The number of carbonyl (C=O) groups is 1. The SMILES string of the molecule is COC(=O)Oc1cc2c(cn1)[nH]c1ccc(Oc3ccc(C#N)cn3)cc12. The molecule has 3 aromatic heterocycles. The van der Waals surface area contributed by atoms with Gasteiger partial charge >= 0.3 is 6.16 Å². The Morgan fingerprint density at radius 2 is 1.85 bits per heavy atom. The van der Waals surface area contributed by atoms with Crippen LogP contribution in [0.4, 0.5) is 4.79 Å². The van der Waals surface area contributed by atoms with Crippen molar-refractivity contribution in [2.75, 3.05) is 7.11 Å². The molecule has 8 nitrogen and oxygen atoms in total.